The molecule has 2 aromatic rings. The molecule has 0 radical (unpaired) electrons. The molecule has 1 N–H and O–H groups in total. The highest BCUT2D eigenvalue weighted by Gasteiger charge is 2.47. The third kappa shape index (κ3) is 4.31. The van der Waals surface area contributed by atoms with E-state index in [1.54, 1.807) is 51.1 Å². The number of carbonyl (C=O) groups is 2. The van der Waals surface area contributed by atoms with Gasteiger partial charge in [0.25, 0.3) is 12.3 Å². The summed E-state index contributed by atoms with van der Waals surface area (Å²) < 4.78 is 53.1. The summed E-state index contributed by atoms with van der Waals surface area (Å²) in [4.78, 5) is 27.6. The fourth-order valence-electron chi connectivity index (χ4n) is 4.35. The quantitative estimate of drug-likeness (QED) is 0.688. The minimum absolute atomic E-state index is 0.113. The van der Waals surface area contributed by atoms with Crippen LogP contribution in [-0.4, -0.2) is 50.3 Å². The van der Waals surface area contributed by atoms with Crippen LogP contribution < -0.4 is 15.0 Å². The Morgan fingerprint density at radius 3 is 2.48 bits per heavy atom. The summed E-state index contributed by atoms with van der Waals surface area (Å²) >= 11 is 0. The second kappa shape index (κ2) is 7.79. The molecule has 4 rings (SSSR count). The topological polar surface area (TPSA) is 92.8 Å². The van der Waals surface area contributed by atoms with Gasteiger partial charge in [0.15, 0.2) is 9.84 Å². The molecule has 2 aromatic carbocycles. The number of nitrogens with one attached hydrogen (secondary N) is 1. The first-order chi connectivity index (χ1) is 15.3. The number of rotatable bonds is 6. The minimum Gasteiger partial charge on any atom is -0.488 e. The summed E-state index contributed by atoms with van der Waals surface area (Å²) in [5.74, 6) is -0.666. The van der Waals surface area contributed by atoms with E-state index in [4.69, 9.17) is 4.74 Å². The molecule has 0 bridgehead atoms. The van der Waals surface area contributed by atoms with Crippen LogP contribution >= 0.6 is 0 Å². The van der Waals surface area contributed by atoms with Crippen LogP contribution in [0.1, 0.15) is 36.7 Å². The van der Waals surface area contributed by atoms with Crippen molar-refractivity contribution in [2.75, 3.05) is 23.0 Å². The molecule has 2 aliphatic heterocycles. The largest absolute Gasteiger partial charge is 0.488 e. The Hall–Kier alpha value is -3.01. The zero-order valence-electron chi connectivity index (χ0n) is 18.4. The van der Waals surface area contributed by atoms with E-state index in [1.165, 1.54) is 17.0 Å². The molecule has 176 valence electrons. The Morgan fingerprint density at radius 1 is 1.15 bits per heavy atom. The first kappa shape index (κ1) is 23.2. The van der Waals surface area contributed by atoms with E-state index >= 15 is 0 Å². The van der Waals surface area contributed by atoms with Crippen molar-refractivity contribution >= 4 is 33.0 Å². The predicted molar refractivity (Wildman–Crippen MR) is 119 cm³/mol. The fraction of sp³-hybridized carbons (Fsp3) is 0.391. The smallest absolute Gasteiger partial charge is 0.272 e. The van der Waals surface area contributed by atoms with Crippen LogP contribution in [0.25, 0.3) is 0 Å². The second-order valence-electron chi connectivity index (χ2n) is 9.24. The van der Waals surface area contributed by atoms with Crippen LogP contribution in [0, 0.1) is 0 Å². The summed E-state index contributed by atoms with van der Waals surface area (Å²) in [6.07, 6.45) is -2.62. The summed E-state index contributed by atoms with van der Waals surface area (Å²) in [6.45, 7) is 4.41. The maximum absolute atomic E-state index is 13.3. The summed E-state index contributed by atoms with van der Waals surface area (Å²) in [7, 11) is -3.12. The van der Waals surface area contributed by atoms with Crippen molar-refractivity contribution in [3.8, 4) is 5.75 Å². The maximum atomic E-state index is 13.3. The number of alkyl halides is 2. The van der Waals surface area contributed by atoms with Gasteiger partial charge in [0.2, 0.25) is 5.91 Å². The highest BCUT2D eigenvalue weighted by atomic mass is 32.2. The predicted octanol–water partition coefficient (Wildman–Crippen LogP) is 3.20. The number of halogens is 2. The van der Waals surface area contributed by atoms with Crippen molar-refractivity contribution in [3.05, 3.63) is 53.6 Å². The van der Waals surface area contributed by atoms with Gasteiger partial charge in [-0.3, -0.25) is 14.5 Å². The van der Waals surface area contributed by atoms with Crippen LogP contribution in [0.5, 0.6) is 5.75 Å². The van der Waals surface area contributed by atoms with E-state index < -0.39 is 39.7 Å². The lowest BCUT2D eigenvalue weighted by Crippen LogP contribution is -2.63. The lowest BCUT2D eigenvalue weighted by atomic mass is 9.85. The summed E-state index contributed by atoms with van der Waals surface area (Å²) in [5.41, 5.74) is 0.217. The van der Waals surface area contributed by atoms with E-state index in [9.17, 15) is 26.8 Å². The van der Waals surface area contributed by atoms with Gasteiger partial charge in [0.1, 0.15) is 12.4 Å². The standard InChI is InChI=1S/C23H24F2N2O5S/c1-22(2)17-9-14(20(28)26-23(3)12-33(30,31)13-23)7-8-18(17)27(21(22)29)15-5-4-6-16(10-15)32-11-19(24)25/h4-10,19H,11-13H2,1-3H3,(H,26,28). The molecular weight excluding hydrogens is 454 g/mol. The lowest BCUT2D eigenvalue weighted by Gasteiger charge is -2.38. The van der Waals surface area contributed by atoms with Crippen LogP contribution in [-0.2, 0) is 20.0 Å². The Morgan fingerprint density at radius 2 is 1.85 bits per heavy atom. The monoisotopic (exact) mass is 478 g/mol. The van der Waals surface area contributed by atoms with Gasteiger partial charge in [-0.2, -0.15) is 0 Å². The van der Waals surface area contributed by atoms with Crippen molar-refractivity contribution in [1.82, 2.24) is 5.32 Å². The van der Waals surface area contributed by atoms with Crippen molar-refractivity contribution < 1.29 is 31.5 Å². The van der Waals surface area contributed by atoms with E-state index in [0.29, 0.717) is 22.5 Å². The Bertz CT molecular complexity index is 1230. The van der Waals surface area contributed by atoms with Crippen LogP contribution in [0.3, 0.4) is 0 Å². The van der Waals surface area contributed by atoms with Gasteiger partial charge in [-0.1, -0.05) is 6.07 Å². The molecule has 0 atom stereocenters. The molecule has 33 heavy (non-hydrogen) atoms. The van der Waals surface area contributed by atoms with Crippen LogP contribution in [0.2, 0.25) is 0 Å². The van der Waals surface area contributed by atoms with Gasteiger partial charge < -0.3 is 10.1 Å². The molecule has 0 unspecified atom stereocenters. The van der Waals surface area contributed by atoms with E-state index in [1.807, 2.05) is 0 Å². The SMILES string of the molecule is CC1(NC(=O)c2ccc3c(c2)C(C)(C)C(=O)N3c2cccc(OCC(F)F)c2)CS(=O)(=O)C1. The summed E-state index contributed by atoms with van der Waals surface area (Å²) in [5, 5.41) is 2.77. The lowest BCUT2D eigenvalue weighted by molar-refractivity contribution is -0.121. The number of nitrogens with zero attached hydrogens (tertiary/aromatic N) is 1. The number of hydrogen-bond acceptors (Lipinski definition) is 5. The molecule has 2 amide bonds. The molecule has 0 spiro atoms. The average molecular weight is 479 g/mol. The highest BCUT2D eigenvalue weighted by molar-refractivity contribution is 7.93. The molecule has 7 nitrogen and oxygen atoms in total. The molecule has 1 saturated heterocycles. The molecule has 0 saturated carbocycles. The number of carbonyl (C=O) groups excluding carboxylic acids is 2. The zero-order chi connectivity index (χ0) is 24.2. The van der Waals surface area contributed by atoms with Gasteiger partial charge in [-0.05, 0) is 56.7 Å². The number of benzene rings is 2. The highest BCUT2D eigenvalue weighted by Crippen LogP contribution is 2.46. The Kier molecular flexibility index (Phi) is 5.47. The van der Waals surface area contributed by atoms with Crippen molar-refractivity contribution in [1.29, 1.82) is 0 Å². The fourth-order valence-corrected chi connectivity index (χ4v) is 6.35. The third-order valence-electron chi connectivity index (χ3n) is 5.85. The molecule has 2 aliphatic rings. The molecular formula is C23H24F2N2O5S. The molecule has 1 fully saturated rings. The van der Waals surface area contributed by atoms with Crippen LogP contribution in [0.4, 0.5) is 20.2 Å². The van der Waals surface area contributed by atoms with Crippen LogP contribution in [0.15, 0.2) is 42.5 Å². The van der Waals surface area contributed by atoms with Gasteiger partial charge in [0.05, 0.1) is 33.8 Å². The van der Waals surface area contributed by atoms with Gasteiger partial charge in [0, 0.05) is 11.6 Å². The number of anilines is 2. The van der Waals surface area contributed by atoms with Gasteiger partial charge in [-0.15, -0.1) is 0 Å². The molecule has 0 aromatic heterocycles. The van der Waals surface area contributed by atoms with E-state index in [-0.39, 0.29) is 23.2 Å². The number of sulfone groups is 1. The number of amides is 2. The van der Waals surface area contributed by atoms with E-state index in [0.717, 1.165) is 0 Å². The first-order valence-electron chi connectivity index (χ1n) is 10.3. The van der Waals surface area contributed by atoms with Gasteiger partial charge in [-0.25, -0.2) is 17.2 Å². The van der Waals surface area contributed by atoms with Crippen molar-refractivity contribution in [3.63, 3.8) is 0 Å². The number of hydrogen-bond donors (Lipinski definition) is 1. The Labute approximate surface area is 190 Å². The van der Waals surface area contributed by atoms with E-state index in [2.05, 4.69) is 5.32 Å². The van der Waals surface area contributed by atoms with Crippen molar-refractivity contribution in [2.24, 2.45) is 0 Å². The average Bonchev–Trinajstić information content (AvgIpc) is 2.90. The third-order valence-corrected chi connectivity index (χ3v) is 8.01. The maximum Gasteiger partial charge on any atom is 0.272 e. The molecule has 10 heteroatoms. The molecule has 0 aliphatic carbocycles. The molecule has 2 heterocycles. The number of fused-ring (bicyclic) bond motifs is 1. The summed E-state index contributed by atoms with van der Waals surface area (Å²) in [6, 6.07) is 11.2. The Balaban J connectivity index is 1.63. The normalized spacial score (nSPS) is 19.7. The van der Waals surface area contributed by atoms with Gasteiger partial charge >= 0.3 is 0 Å². The first-order valence-corrected chi connectivity index (χ1v) is 12.2. The second-order valence-corrected chi connectivity index (χ2v) is 11.3. The number of ether oxygens (including phenoxy) is 1. The van der Waals surface area contributed by atoms with Crippen molar-refractivity contribution in [2.45, 2.75) is 38.2 Å². The minimum atomic E-state index is -3.12. The zero-order valence-corrected chi connectivity index (χ0v) is 19.2.